The highest BCUT2D eigenvalue weighted by Crippen LogP contribution is 2.32. The van der Waals surface area contributed by atoms with E-state index in [2.05, 4.69) is 15.9 Å². The molecular weight excluding hydrogens is 265 g/mol. The topological polar surface area (TPSA) is 55.5 Å². The van der Waals surface area contributed by atoms with Crippen LogP contribution in [0, 0.1) is 5.82 Å². The summed E-state index contributed by atoms with van der Waals surface area (Å²) in [6.07, 6.45) is -0.441. The molecule has 1 aromatic rings. The van der Waals surface area contributed by atoms with Crippen LogP contribution in [-0.2, 0) is 0 Å². The highest BCUT2D eigenvalue weighted by molar-refractivity contribution is 9.10. The van der Waals surface area contributed by atoms with Crippen molar-refractivity contribution in [3.8, 4) is 5.75 Å². The van der Waals surface area contributed by atoms with Gasteiger partial charge < -0.3 is 15.6 Å². The summed E-state index contributed by atoms with van der Waals surface area (Å²) in [6, 6.07) is 2.92. The molecule has 3 nitrogen and oxygen atoms in total. The van der Waals surface area contributed by atoms with Gasteiger partial charge in [-0.2, -0.15) is 0 Å². The lowest BCUT2D eigenvalue weighted by atomic mass is 10.1. The van der Waals surface area contributed by atoms with Crippen LogP contribution >= 0.6 is 15.9 Å². The molecule has 84 valence electrons. The van der Waals surface area contributed by atoms with Crippen LogP contribution in [0.3, 0.4) is 0 Å². The Balaban J connectivity index is 3.13. The Labute approximate surface area is 96.2 Å². The van der Waals surface area contributed by atoms with E-state index in [1.54, 1.807) is 6.07 Å². The maximum Gasteiger partial charge on any atom is 0.166 e. The molecule has 0 saturated heterocycles. The lowest BCUT2D eigenvalue weighted by Crippen LogP contribution is -2.08. The van der Waals surface area contributed by atoms with Gasteiger partial charge in [0.2, 0.25) is 0 Å². The molecule has 15 heavy (non-hydrogen) atoms. The van der Waals surface area contributed by atoms with Gasteiger partial charge in [-0.3, -0.25) is 0 Å². The summed E-state index contributed by atoms with van der Waals surface area (Å²) in [4.78, 5) is 0. The lowest BCUT2D eigenvalue weighted by molar-refractivity contribution is 0.165. The van der Waals surface area contributed by atoms with Gasteiger partial charge in [0.15, 0.2) is 11.6 Å². The van der Waals surface area contributed by atoms with Crippen LogP contribution in [0.5, 0.6) is 5.75 Å². The number of methoxy groups -OCH3 is 1. The zero-order valence-corrected chi connectivity index (χ0v) is 9.92. The second-order valence-corrected chi connectivity index (χ2v) is 4.02. The Morgan fingerprint density at radius 1 is 1.60 bits per heavy atom. The summed E-state index contributed by atoms with van der Waals surface area (Å²) in [5.74, 6) is -0.433. The molecule has 1 atom stereocenters. The third-order valence-corrected chi connectivity index (χ3v) is 2.50. The third kappa shape index (κ3) is 2.90. The van der Waals surface area contributed by atoms with Crippen LogP contribution in [0.2, 0.25) is 0 Å². The van der Waals surface area contributed by atoms with Crippen molar-refractivity contribution in [3.63, 3.8) is 0 Å². The molecule has 0 heterocycles. The Bertz CT molecular complexity index is 346. The molecule has 0 amide bonds. The second-order valence-electron chi connectivity index (χ2n) is 3.10. The van der Waals surface area contributed by atoms with Crippen LogP contribution in [0.4, 0.5) is 4.39 Å². The molecule has 0 bridgehead atoms. The van der Waals surface area contributed by atoms with Crippen molar-refractivity contribution in [1.82, 2.24) is 0 Å². The maximum atomic E-state index is 13.4. The van der Waals surface area contributed by atoms with Crippen LogP contribution < -0.4 is 10.5 Å². The standard InChI is InChI=1S/C10H13BrFNO2/c1-15-10-7(9(14)2-3-13)4-6(11)5-8(10)12/h4-5,9,14H,2-3,13H2,1H3. The number of hydrogen-bond acceptors (Lipinski definition) is 3. The minimum Gasteiger partial charge on any atom is -0.493 e. The highest BCUT2D eigenvalue weighted by atomic mass is 79.9. The molecule has 1 unspecified atom stereocenters. The van der Waals surface area contributed by atoms with Crippen LogP contribution in [-0.4, -0.2) is 18.8 Å². The zero-order chi connectivity index (χ0) is 11.4. The molecule has 0 spiro atoms. The van der Waals surface area contributed by atoms with Gasteiger partial charge in [0.25, 0.3) is 0 Å². The molecule has 5 heteroatoms. The van der Waals surface area contributed by atoms with Gasteiger partial charge in [-0.1, -0.05) is 15.9 Å². The van der Waals surface area contributed by atoms with Gasteiger partial charge in [0.1, 0.15) is 0 Å². The molecule has 0 aliphatic heterocycles. The molecule has 0 aliphatic carbocycles. The fourth-order valence-corrected chi connectivity index (χ4v) is 1.80. The van der Waals surface area contributed by atoms with Gasteiger partial charge in [0.05, 0.1) is 13.2 Å². The van der Waals surface area contributed by atoms with E-state index in [0.29, 0.717) is 23.0 Å². The fourth-order valence-electron chi connectivity index (χ4n) is 1.36. The number of ether oxygens (including phenoxy) is 1. The van der Waals surface area contributed by atoms with E-state index in [4.69, 9.17) is 10.5 Å². The SMILES string of the molecule is COc1c(F)cc(Br)cc1C(O)CCN. The monoisotopic (exact) mass is 277 g/mol. The fraction of sp³-hybridized carbons (Fsp3) is 0.400. The Hall–Kier alpha value is -0.650. The van der Waals surface area contributed by atoms with E-state index in [-0.39, 0.29) is 5.75 Å². The minimum atomic E-state index is -0.808. The number of nitrogens with two attached hydrogens (primary N) is 1. The minimum absolute atomic E-state index is 0.0687. The average molecular weight is 278 g/mol. The lowest BCUT2D eigenvalue weighted by Gasteiger charge is -2.15. The smallest absolute Gasteiger partial charge is 0.166 e. The van der Waals surface area contributed by atoms with E-state index in [0.717, 1.165) is 0 Å². The van der Waals surface area contributed by atoms with E-state index in [1.165, 1.54) is 13.2 Å². The summed E-state index contributed by atoms with van der Waals surface area (Å²) < 4.78 is 18.9. The largest absolute Gasteiger partial charge is 0.493 e. The van der Waals surface area contributed by atoms with Crippen LogP contribution in [0.1, 0.15) is 18.1 Å². The number of aliphatic hydroxyl groups excluding tert-OH is 1. The number of benzene rings is 1. The van der Waals surface area contributed by atoms with Gasteiger partial charge >= 0.3 is 0 Å². The van der Waals surface area contributed by atoms with Gasteiger partial charge in [0, 0.05) is 10.0 Å². The Morgan fingerprint density at radius 2 is 2.27 bits per heavy atom. The van der Waals surface area contributed by atoms with Crippen LogP contribution in [0.25, 0.3) is 0 Å². The highest BCUT2D eigenvalue weighted by Gasteiger charge is 2.17. The van der Waals surface area contributed by atoms with Crippen molar-refractivity contribution in [1.29, 1.82) is 0 Å². The number of aliphatic hydroxyl groups is 1. The van der Waals surface area contributed by atoms with E-state index in [9.17, 15) is 9.50 Å². The van der Waals surface area contributed by atoms with Crippen molar-refractivity contribution in [2.24, 2.45) is 5.73 Å². The summed E-state index contributed by atoms with van der Waals surface area (Å²) in [5, 5.41) is 9.73. The Kier molecular flexibility index (Phi) is 4.50. The van der Waals surface area contributed by atoms with E-state index >= 15 is 0 Å². The predicted molar refractivity (Wildman–Crippen MR) is 59.3 cm³/mol. The van der Waals surface area contributed by atoms with Crippen molar-refractivity contribution < 1.29 is 14.2 Å². The summed E-state index contributed by atoms with van der Waals surface area (Å²) >= 11 is 3.16. The summed E-state index contributed by atoms with van der Waals surface area (Å²) in [6.45, 7) is 0.332. The molecule has 1 aromatic carbocycles. The molecule has 0 aliphatic rings. The third-order valence-electron chi connectivity index (χ3n) is 2.04. The van der Waals surface area contributed by atoms with Crippen LogP contribution in [0.15, 0.2) is 16.6 Å². The van der Waals surface area contributed by atoms with E-state index in [1.807, 2.05) is 0 Å². The van der Waals surface area contributed by atoms with Crippen molar-refractivity contribution in [2.45, 2.75) is 12.5 Å². The van der Waals surface area contributed by atoms with E-state index < -0.39 is 11.9 Å². The first-order chi connectivity index (χ1) is 7.10. The molecule has 0 aromatic heterocycles. The molecule has 1 rings (SSSR count). The first kappa shape index (κ1) is 12.4. The molecule has 3 N–H and O–H groups in total. The molecular formula is C10H13BrFNO2. The first-order valence-corrected chi connectivity index (χ1v) is 5.30. The zero-order valence-electron chi connectivity index (χ0n) is 8.34. The summed E-state index contributed by atoms with van der Waals surface area (Å²) in [7, 11) is 1.37. The number of hydrogen-bond donors (Lipinski definition) is 2. The number of rotatable bonds is 4. The van der Waals surface area contributed by atoms with Gasteiger partial charge in [-0.15, -0.1) is 0 Å². The second kappa shape index (κ2) is 5.44. The predicted octanol–water partition coefficient (Wildman–Crippen LogP) is 1.98. The molecule has 0 saturated carbocycles. The quantitative estimate of drug-likeness (QED) is 0.885. The maximum absolute atomic E-state index is 13.4. The van der Waals surface area contributed by atoms with Crippen molar-refractivity contribution in [2.75, 3.05) is 13.7 Å². The Morgan fingerprint density at radius 3 is 2.80 bits per heavy atom. The van der Waals surface area contributed by atoms with Crippen molar-refractivity contribution >= 4 is 15.9 Å². The summed E-state index contributed by atoms with van der Waals surface area (Å²) in [5.41, 5.74) is 5.74. The molecule has 0 fully saturated rings. The molecule has 0 radical (unpaired) electrons. The number of halogens is 2. The first-order valence-electron chi connectivity index (χ1n) is 4.51. The normalized spacial score (nSPS) is 12.6. The van der Waals surface area contributed by atoms with Gasteiger partial charge in [-0.05, 0) is 25.1 Å². The van der Waals surface area contributed by atoms with Crippen molar-refractivity contribution in [3.05, 3.63) is 28.0 Å². The average Bonchev–Trinajstić information content (AvgIpc) is 2.17. The van der Waals surface area contributed by atoms with Gasteiger partial charge in [-0.25, -0.2) is 4.39 Å².